The van der Waals surface area contributed by atoms with Crippen molar-refractivity contribution in [2.45, 2.75) is 45.6 Å². The third kappa shape index (κ3) is 4.76. The minimum atomic E-state index is -0.0840. The molecule has 31 heavy (non-hydrogen) atoms. The number of ether oxygens (including phenoxy) is 3. The van der Waals surface area contributed by atoms with Gasteiger partial charge in [0.1, 0.15) is 5.75 Å². The quantitative estimate of drug-likeness (QED) is 0.768. The first-order valence-electron chi connectivity index (χ1n) is 10.5. The number of nitrogens with zero attached hydrogens (tertiary/aromatic N) is 1. The average Bonchev–Trinajstić information content (AvgIpc) is 3.20. The van der Waals surface area contributed by atoms with Crippen LogP contribution in [0.3, 0.4) is 0 Å². The van der Waals surface area contributed by atoms with E-state index in [1.54, 1.807) is 4.90 Å². The van der Waals surface area contributed by atoms with Crippen molar-refractivity contribution >= 4 is 17.5 Å². The third-order valence-corrected chi connectivity index (χ3v) is 5.48. The van der Waals surface area contributed by atoms with Crippen LogP contribution in [0.15, 0.2) is 36.4 Å². The van der Waals surface area contributed by atoms with E-state index in [2.05, 4.69) is 26.1 Å². The SMILES string of the molecule is CC(C)(C)c1ccc2c(c1)N(CCCC(=O)NCc1ccc3c(c1)OCO3)C(=O)CO2. The topological polar surface area (TPSA) is 77.1 Å². The summed E-state index contributed by atoms with van der Waals surface area (Å²) in [6, 6.07) is 11.6. The van der Waals surface area contributed by atoms with Gasteiger partial charge in [0.05, 0.1) is 5.69 Å². The highest BCUT2D eigenvalue weighted by Gasteiger charge is 2.27. The van der Waals surface area contributed by atoms with Gasteiger partial charge in [-0.15, -0.1) is 0 Å². The van der Waals surface area contributed by atoms with Crippen molar-refractivity contribution in [3.8, 4) is 17.2 Å². The molecule has 0 aromatic heterocycles. The largest absolute Gasteiger partial charge is 0.482 e. The molecule has 2 heterocycles. The van der Waals surface area contributed by atoms with E-state index in [0.29, 0.717) is 37.4 Å². The van der Waals surface area contributed by atoms with Crippen LogP contribution in [-0.2, 0) is 21.5 Å². The molecule has 0 saturated carbocycles. The molecule has 0 atom stereocenters. The minimum Gasteiger partial charge on any atom is -0.482 e. The molecular formula is C24H28N2O5. The lowest BCUT2D eigenvalue weighted by atomic mass is 9.86. The van der Waals surface area contributed by atoms with Gasteiger partial charge in [-0.3, -0.25) is 9.59 Å². The van der Waals surface area contributed by atoms with Crippen LogP contribution in [0.25, 0.3) is 0 Å². The molecule has 0 radical (unpaired) electrons. The lowest BCUT2D eigenvalue weighted by Gasteiger charge is -2.31. The predicted molar refractivity (Wildman–Crippen MR) is 117 cm³/mol. The minimum absolute atomic E-state index is 0.0260. The highest BCUT2D eigenvalue weighted by atomic mass is 16.7. The molecule has 0 bridgehead atoms. The Morgan fingerprint density at radius 1 is 1.03 bits per heavy atom. The Balaban J connectivity index is 1.32. The lowest BCUT2D eigenvalue weighted by Crippen LogP contribution is -2.40. The fourth-order valence-corrected chi connectivity index (χ4v) is 3.65. The molecule has 0 fully saturated rings. The summed E-state index contributed by atoms with van der Waals surface area (Å²) in [5.74, 6) is 1.99. The van der Waals surface area contributed by atoms with Crippen molar-refractivity contribution in [1.29, 1.82) is 0 Å². The zero-order valence-electron chi connectivity index (χ0n) is 18.2. The van der Waals surface area contributed by atoms with Crippen LogP contribution >= 0.6 is 0 Å². The summed E-state index contributed by atoms with van der Waals surface area (Å²) in [7, 11) is 0. The van der Waals surface area contributed by atoms with E-state index in [1.807, 2.05) is 36.4 Å². The zero-order valence-corrected chi connectivity index (χ0v) is 18.2. The molecular weight excluding hydrogens is 396 g/mol. The number of fused-ring (bicyclic) bond motifs is 2. The fraction of sp³-hybridized carbons (Fsp3) is 0.417. The monoisotopic (exact) mass is 424 g/mol. The molecule has 2 aliphatic heterocycles. The van der Waals surface area contributed by atoms with E-state index < -0.39 is 0 Å². The second kappa shape index (κ2) is 8.49. The molecule has 0 saturated heterocycles. The van der Waals surface area contributed by atoms with Gasteiger partial charge < -0.3 is 24.4 Å². The highest BCUT2D eigenvalue weighted by Crippen LogP contribution is 2.36. The van der Waals surface area contributed by atoms with Gasteiger partial charge in [-0.05, 0) is 47.2 Å². The first-order valence-corrected chi connectivity index (χ1v) is 10.5. The molecule has 2 amide bonds. The molecule has 0 unspecified atom stereocenters. The van der Waals surface area contributed by atoms with E-state index >= 15 is 0 Å². The standard InChI is InChI=1S/C24H28N2O5/c1-24(2,3)17-7-9-19-18(12-17)26(23(28)14-29-19)10-4-5-22(27)25-13-16-6-8-20-21(11-16)31-15-30-20/h6-9,11-12H,4-5,10,13-15H2,1-3H3,(H,25,27). The number of nitrogens with one attached hydrogen (secondary N) is 1. The molecule has 7 heteroatoms. The number of carbonyl (C=O) groups excluding carboxylic acids is 2. The number of benzene rings is 2. The van der Waals surface area contributed by atoms with Crippen molar-refractivity contribution in [3.63, 3.8) is 0 Å². The fourth-order valence-electron chi connectivity index (χ4n) is 3.65. The average molecular weight is 424 g/mol. The Morgan fingerprint density at radius 2 is 1.81 bits per heavy atom. The van der Waals surface area contributed by atoms with E-state index in [4.69, 9.17) is 14.2 Å². The van der Waals surface area contributed by atoms with Crippen LogP contribution in [0.2, 0.25) is 0 Å². The van der Waals surface area contributed by atoms with Gasteiger partial charge >= 0.3 is 0 Å². The second-order valence-electron chi connectivity index (χ2n) is 8.83. The van der Waals surface area contributed by atoms with Crippen LogP contribution in [0.4, 0.5) is 5.69 Å². The Bertz CT molecular complexity index is 996. The maximum Gasteiger partial charge on any atom is 0.265 e. The van der Waals surface area contributed by atoms with Gasteiger partial charge in [-0.2, -0.15) is 0 Å². The summed E-state index contributed by atoms with van der Waals surface area (Å²) in [5.41, 5.74) is 2.83. The second-order valence-corrected chi connectivity index (χ2v) is 8.83. The van der Waals surface area contributed by atoms with Crippen LogP contribution < -0.4 is 24.4 Å². The molecule has 164 valence electrons. The van der Waals surface area contributed by atoms with Crippen LogP contribution in [0, 0.1) is 0 Å². The summed E-state index contributed by atoms with van der Waals surface area (Å²) in [4.78, 5) is 26.5. The van der Waals surface area contributed by atoms with Crippen molar-refractivity contribution in [2.24, 2.45) is 0 Å². The number of hydrogen-bond acceptors (Lipinski definition) is 5. The van der Waals surface area contributed by atoms with E-state index in [0.717, 1.165) is 22.6 Å². The van der Waals surface area contributed by atoms with Gasteiger partial charge in [0.25, 0.3) is 5.91 Å². The van der Waals surface area contributed by atoms with Crippen LogP contribution in [0.5, 0.6) is 17.2 Å². The summed E-state index contributed by atoms with van der Waals surface area (Å²) in [6.07, 6.45) is 0.904. The number of amides is 2. The Labute approximate surface area is 182 Å². The van der Waals surface area contributed by atoms with Gasteiger partial charge in [0.2, 0.25) is 12.7 Å². The highest BCUT2D eigenvalue weighted by molar-refractivity contribution is 5.98. The molecule has 1 N–H and O–H groups in total. The summed E-state index contributed by atoms with van der Waals surface area (Å²) in [5, 5.41) is 2.92. The number of hydrogen-bond donors (Lipinski definition) is 1. The van der Waals surface area contributed by atoms with Gasteiger partial charge in [0.15, 0.2) is 18.1 Å². The summed E-state index contributed by atoms with van der Waals surface area (Å²) in [6.45, 7) is 7.55. The number of carbonyl (C=O) groups is 2. The van der Waals surface area contributed by atoms with Gasteiger partial charge in [-0.1, -0.05) is 32.9 Å². The van der Waals surface area contributed by atoms with Crippen LogP contribution in [0.1, 0.15) is 44.7 Å². The molecule has 7 nitrogen and oxygen atoms in total. The lowest BCUT2D eigenvalue weighted by molar-refractivity contribution is -0.123. The first kappa shape index (κ1) is 21.0. The number of anilines is 1. The molecule has 2 aromatic carbocycles. The molecule has 2 aromatic rings. The van der Waals surface area contributed by atoms with Crippen LogP contribution in [-0.4, -0.2) is 31.8 Å². The van der Waals surface area contributed by atoms with Gasteiger partial charge in [-0.25, -0.2) is 0 Å². The van der Waals surface area contributed by atoms with E-state index in [1.165, 1.54) is 0 Å². The first-order chi connectivity index (χ1) is 14.8. The van der Waals surface area contributed by atoms with Crippen molar-refractivity contribution in [2.75, 3.05) is 24.8 Å². The maximum absolute atomic E-state index is 12.5. The van der Waals surface area contributed by atoms with Gasteiger partial charge in [0, 0.05) is 19.5 Å². The Kier molecular flexibility index (Phi) is 5.76. The molecule has 0 aliphatic carbocycles. The molecule has 4 rings (SSSR count). The number of rotatable bonds is 6. The van der Waals surface area contributed by atoms with Crippen molar-refractivity contribution in [3.05, 3.63) is 47.5 Å². The molecule has 2 aliphatic rings. The zero-order chi connectivity index (χ0) is 22.0. The third-order valence-electron chi connectivity index (χ3n) is 5.48. The Hall–Kier alpha value is -3.22. The van der Waals surface area contributed by atoms with Crippen molar-refractivity contribution in [1.82, 2.24) is 5.32 Å². The normalized spacial score (nSPS) is 14.8. The summed E-state index contributed by atoms with van der Waals surface area (Å²) < 4.78 is 16.3. The smallest absolute Gasteiger partial charge is 0.265 e. The summed E-state index contributed by atoms with van der Waals surface area (Å²) >= 11 is 0. The van der Waals surface area contributed by atoms with E-state index in [9.17, 15) is 9.59 Å². The maximum atomic E-state index is 12.5. The van der Waals surface area contributed by atoms with E-state index in [-0.39, 0.29) is 30.6 Å². The van der Waals surface area contributed by atoms with Crippen molar-refractivity contribution < 1.29 is 23.8 Å². The molecule has 0 spiro atoms. The Morgan fingerprint density at radius 3 is 2.61 bits per heavy atom. The predicted octanol–water partition coefficient (Wildman–Crippen LogP) is 3.53.